The number of carbonyl (C=O) groups excluding carboxylic acids is 7. The molecule has 21 heteroatoms. The third-order valence-electron chi connectivity index (χ3n) is 15.1. The Kier molecular flexibility index (Phi) is 33.0. The lowest BCUT2D eigenvalue weighted by molar-refractivity contribution is -0.437. The van der Waals surface area contributed by atoms with Crippen LogP contribution in [-0.4, -0.2) is 78.9 Å². The first-order chi connectivity index (χ1) is 44.8. The quantitative estimate of drug-likeness (QED) is 0.0242. The van der Waals surface area contributed by atoms with Gasteiger partial charge in [-0.2, -0.15) is 0 Å². The third kappa shape index (κ3) is 27.7. The van der Waals surface area contributed by atoms with Crippen molar-refractivity contribution in [2.75, 3.05) is 7.11 Å². The minimum absolute atomic E-state index is 0.165. The van der Waals surface area contributed by atoms with Crippen LogP contribution in [0.2, 0.25) is 0 Å². The summed E-state index contributed by atoms with van der Waals surface area (Å²) in [7, 11) is 1.30. The molecule has 0 heterocycles. The van der Waals surface area contributed by atoms with Crippen LogP contribution in [0.3, 0.4) is 0 Å². The van der Waals surface area contributed by atoms with Gasteiger partial charge in [0.1, 0.15) is 36.0 Å². The van der Waals surface area contributed by atoms with Crippen molar-refractivity contribution in [1.82, 2.24) is 5.32 Å². The van der Waals surface area contributed by atoms with Crippen molar-refractivity contribution in [2.45, 2.75) is 134 Å². The maximum atomic E-state index is 14.1. The molecule has 1 amide bonds. The van der Waals surface area contributed by atoms with E-state index in [1.54, 1.807) is 19.1 Å². The molecule has 0 radical (unpaired) electrons. The van der Waals surface area contributed by atoms with Gasteiger partial charge in [0.25, 0.3) is 0 Å². The van der Waals surface area contributed by atoms with Crippen molar-refractivity contribution >= 4 is 47.6 Å². The number of ether oxygens (including phenoxy) is 1. The number of amides is 1. The Bertz CT molecular complexity index is 3570. The van der Waals surface area contributed by atoms with Crippen LogP contribution in [0.15, 0.2) is 164 Å². The number of carboxylic acid groups (broad SMARTS) is 4. The van der Waals surface area contributed by atoms with Crippen molar-refractivity contribution in [3.8, 4) is 0 Å². The highest BCUT2D eigenvalue weighted by Crippen LogP contribution is 2.27. The number of allylic oxidation sites excluding steroid dienone is 1. The van der Waals surface area contributed by atoms with Crippen molar-refractivity contribution < 1.29 is 99.2 Å². The van der Waals surface area contributed by atoms with E-state index in [1.807, 2.05) is 121 Å². The highest BCUT2D eigenvalue weighted by molar-refractivity contribution is 5.85. The van der Waals surface area contributed by atoms with Gasteiger partial charge >= 0.3 is 5.97 Å². The van der Waals surface area contributed by atoms with Gasteiger partial charge in [0.05, 0.1) is 31.0 Å². The predicted molar refractivity (Wildman–Crippen MR) is 336 cm³/mol. The molecule has 94 heavy (non-hydrogen) atoms. The van der Waals surface area contributed by atoms with Crippen LogP contribution in [0.4, 0.5) is 17.6 Å². The van der Waals surface area contributed by atoms with E-state index in [4.69, 9.17) is 4.74 Å². The number of hydrogen-bond donors (Lipinski definition) is 5. The standard InChI is InChI=1S/C22H26N2O5.C19H17F4NO2.C19H23NO2.C13H17NO3/c1-29-22(28)19(14-16-5-3-2-4-6-16)24-20(25)12-11-15-7-9-17(10-8-15)13-18(23)21(26)27;20-15-12(9-5-4-8-11-6-2-1-3-7-11)16(21)18(23)13(17(15)22)10-14(24)19(25)26;1-14-12-16(13-18(20)19(21)22)10-11-17(14)9-5-8-15-6-3-2-4-7-15;1-9(15)2-3-10-4-6-11(7-5-10)8-12(14)13(16)17/h2-10,18-19H,11-14,23H2,1H3,(H,24,25)(H,26,27);1-4,6-8,14H,5,9-10,24H2,(H,25,26);2-4,6-7,10-12,18H,5,8-9,13,20H2,1H3,(H,21,22);4-7,12H,2-3,8,14H2,1H3,(H,16,17)/b;8-4-;;/t18-,19?;14-;18-;12-/m0000/s1. The summed E-state index contributed by atoms with van der Waals surface area (Å²) in [6.07, 6.45) is 9.14. The van der Waals surface area contributed by atoms with Gasteiger partial charge in [-0.05, 0) is 114 Å². The van der Waals surface area contributed by atoms with Gasteiger partial charge in [-0.3, -0.25) is 4.79 Å². The lowest BCUT2D eigenvalue weighted by Gasteiger charge is -2.16. The average Bonchev–Trinajstić information content (AvgIpc) is 0.809. The van der Waals surface area contributed by atoms with Crippen LogP contribution in [0.5, 0.6) is 0 Å². The molecule has 1 unspecified atom stereocenters. The molecule has 7 aromatic carbocycles. The lowest BCUT2D eigenvalue weighted by Crippen LogP contribution is -2.69. The molecule has 0 aliphatic rings. The fourth-order valence-electron chi connectivity index (χ4n) is 9.57. The second kappa shape index (κ2) is 40.3. The fourth-order valence-corrected chi connectivity index (χ4v) is 9.57. The van der Waals surface area contributed by atoms with Crippen molar-refractivity contribution in [1.29, 1.82) is 0 Å². The molecule has 13 N–H and O–H groups in total. The smallest absolute Gasteiger partial charge is 0.328 e. The van der Waals surface area contributed by atoms with Crippen LogP contribution in [0.25, 0.3) is 6.08 Å². The van der Waals surface area contributed by atoms with Gasteiger partial charge in [-0.25, -0.2) is 22.4 Å². The number of methoxy groups -OCH3 is 1. The minimum atomic E-state index is -1.67. The molecule has 17 nitrogen and oxygen atoms in total. The van der Waals surface area contributed by atoms with Gasteiger partial charge in [0.2, 0.25) is 5.91 Å². The van der Waals surface area contributed by atoms with Gasteiger partial charge in [0.15, 0.2) is 23.3 Å². The highest BCUT2D eigenvalue weighted by Gasteiger charge is 2.27. The number of carbonyl (C=O) groups is 7. The molecule has 7 aromatic rings. The molecule has 0 aliphatic heterocycles. The van der Waals surface area contributed by atoms with Gasteiger partial charge in [0, 0.05) is 56.1 Å². The van der Waals surface area contributed by atoms with E-state index in [0.29, 0.717) is 38.5 Å². The first kappa shape index (κ1) is 76.8. The number of ketones is 1. The van der Waals surface area contributed by atoms with E-state index in [1.165, 1.54) is 23.8 Å². The van der Waals surface area contributed by atoms with Gasteiger partial charge < -0.3 is 77.4 Å². The number of aryl methyl sites for hydroxylation is 5. The van der Waals surface area contributed by atoms with Crippen molar-refractivity contribution in [3.05, 3.63) is 254 Å². The maximum Gasteiger partial charge on any atom is 0.328 e. The average molecular weight is 1300 g/mol. The monoisotopic (exact) mass is 1300 g/mol. The van der Waals surface area contributed by atoms with E-state index < -0.39 is 101 Å². The molecule has 0 bridgehead atoms. The van der Waals surface area contributed by atoms with Gasteiger partial charge in [-0.15, -0.1) is 0 Å². The number of hydrogen-bond acceptors (Lipinski definition) is 12. The van der Waals surface area contributed by atoms with Gasteiger partial charge in [-0.1, -0.05) is 170 Å². The Labute approximate surface area is 544 Å². The molecule has 0 saturated heterocycles. The summed E-state index contributed by atoms with van der Waals surface area (Å²) in [5.41, 5.74) is 22.6. The summed E-state index contributed by atoms with van der Waals surface area (Å²) in [6, 6.07) is 45.7. The zero-order valence-corrected chi connectivity index (χ0v) is 53.2. The molecule has 0 fully saturated rings. The Hall–Kier alpha value is -9.67. The number of Topliss-reactive ketones (excluding diaryl/α,β-unsaturated/α-hetero) is 1. The number of rotatable bonds is 30. The van der Waals surface area contributed by atoms with E-state index in [2.05, 4.69) is 71.6 Å². The highest BCUT2D eigenvalue weighted by atomic mass is 19.2. The Morgan fingerprint density at radius 1 is 0.468 bits per heavy atom. The van der Waals surface area contributed by atoms with E-state index in [0.717, 1.165) is 64.6 Å². The molecule has 5 atom stereocenters. The minimum Gasteiger partial charge on any atom is -0.544 e. The summed E-state index contributed by atoms with van der Waals surface area (Å²) < 4.78 is 61.2. The number of benzene rings is 7. The summed E-state index contributed by atoms with van der Waals surface area (Å²) in [5.74, 6) is -11.9. The molecule has 0 aromatic heterocycles. The summed E-state index contributed by atoms with van der Waals surface area (Å²) in [6.45, 7) is 3.65. The number of aliphatic carboxylic acids is 4. The van der Waals surface area contributed by atoms with Crippen LogP contribution < -0.4 is 48.7 Å². The maximum absolute atomic E-state index is 14.1. The summed E-state index contributed by atoms with van der Waals surface area (Å²) in [5, 5.41) is 45.4. The molecule has 0 saturated carbocycles. The first-order valence-corrected chi connectivity index (χ1v) is 30.7. The molecule has 7 rings (SSSR count). The fraction of sp³-hybridized carbons (Fsp3) is 0.301. The lowest BCUT2D eigenvalue weighted by atomic mass is 9.96. The van der Waals surface area contributed by atoms with Crippen LogP contribution in [-0.2, 0) is 103 Å². The zero-order chi connectivity index (χ0) is 69.3. The summed E-state index contributed by atoms with van der Waals surface area (Å²) >= 11 is 0. The first-order valence-electron chi connectivity index (χ1n) is 30.7. The van der Waals surface area contributed by atoms with Crippen LogP contribution in [0.1, 0.15) is 99.4 Å². The molecular weight excluding hydrogens is 1210 g/mol. The number of esters is 1. The second-order valence-electron chi connectivity index (χ2n) is 22.7. The Balaban J connectivity index is 0.000000271. The largest absolute Gasteiger partial charge is 0.544 e. The van der Waals surface area contributed by atoms with Crippen molar-refractivity contribution in [2.24, 2.45) is 0 Å². The molecule has 0 spiro atoms. The molecule has 0 aliphatic carbocycles. The molecule has 500 valence electrons. The van der Waals surface area contributed by atoms with E-state index in [-0.39, 0.29) is 31.0 Å². The van der Waals surface area contributed by atoms with E-state index in [9.17, 15) is 71.5 Å². The van der Waals surface area contributed by atoms with Crippen molar-refractivity contribution in [3.63, 3.8) is 0 Å². The topological polar surface area (TPSA) is 344 Å². The van der Waals surface area contributed by atoms with E-state index >= 15 is 0 Å². The predicted octanol–water partition coefficient (Wildman–Crippen LogP) is 1.40. The number of halogens is 4. The van der Waals surface area contributed by atoms with Crippen LogP contribution >= 0.6 is 0 Å². The third-order valence-corrected chi connectivity index (χ3v) is 15.1. The summed E-state index contributed by atoms with van der Waals surface area (Å²) in [4.78, 5) is 77.9. The molecular formula is C73H83F4N5O12. The number of carboxylic acids is 4. The number of nitrogens with one attached hydrogen (secondary N) is 1. The van der Waals surface area contributed by atoms with Crippen LogP contribution in [0, 0.1) is 30.2 Å². The SMILES string of the molecule is CC(=O)CCc1ccc(C[C@H]([NH3+])C(=O)[O-])cc1.COC(=O)C(Cc1ccccc1)NC(=O)CCc1ccc(C[C@H]([NH3+])C(=O)[O-])cc1.Cc1cc(C[C@H]([NH3+])C(=O)[O-])ccc1CCCc1ccccc1.[NH3+][C@@H](Cc1c(F)c(F)c(CC/C=C\c2ccccc2)c(F)c1F)C(=O)[O-]. The Morgan fingerprint density at radius 2 is 0.862 bits per heavy atom. The Morgan fingerprint density at radius 3 is 1.32 bits per heavy atom. The zero-order valence-electron chi connectivity index (χ0n) is 53.2. The number of quaternary nitrogens is 4. The normalized spacial score (nSPS) is 12.4. The second-order valence-corrected chi connectivity index (χ2v) is 22.7.